The van der Waals surface area contributed by atoms with Crippen molar-refractivity contribution in [3.05, 3.63) is 64.7 Å². The van der Waals surface area contributed by atoms with Gasteiger partial charge in [0.2, 0.25) is 0 Å². The van der Waals surface area contributed by atoms with Crippen molar-refractivity contribution in [1.82, 2.24) is 29.4 Å². The molecule has 0 aliphatic carbocycles. The summed E-state index contributed by atoms with van der Waals surface area (Å²) in [4.78, 5) is 19.9. The second kappa shape index (κ2) is 8.51. The van der Waals surface area contributed by atoms with Crippen molar-refractivity contribution in [1.29, 1.82) is 0 Å². The molecule has 1 aromatic carbocycles. The Balaban J connectivity index is 1.75. The second-order valence-electron chi connectivity index (χ2n) is 7.47. The van der Waals surface area contributed by atoms with Crippen LogP contribution >= 0.6 is 11.6 Å². The van der Waals surface area contributed by atoms with Crippen LogP contribution in [0.1, 0.15) is 35.6 Å². The van der Waals surface area contributed by atoms with Crippen molar-refractivity contribution >= 4 is 28.4 Å². The lowest BCUT2D eigenvalue weighted by molar-refractivity contribution is 0.0785. The van der Waals surface area contributed by atoms with E-state index in [9.17, 15) is 4.79 Å². The number of aromatic nitrogens is 5. The van der Waals surface area contributed by atoms with Crippen molar-refractivity contribution in [3.8, 4) is 11.3 Å². The molecule has 160 valence electrons. The van der Waals surface area contributed by atoms with Crippen LogP contribution in [0.4, 0.5) is 0 Å². The number of pyridine rings is 1. The molecule has 0 fully saturated rings. The minimum Gasteiger partial charge on any atom is -0.336 e. The summed E-state index contributed by atoms with van der Waals surface area (Å²) in [6.07, 6.45) is 3.59. The highest BCUT2D eigenvalue weighted by Gasteiger charge is 2.20. The molecule has 4 aromatic rings. The number of rotatable bonds is 6. The fraction of sp³-hybridized carbons (Fsp3) is 0.304. The third kappa shape index (κ3) is 3.93. The third-order valence-electron chi connectivity index (χ3n) is 5.47. The Morgan fingerprint density at radius 3 is 2.65 bits per heavy atom. The van der Waals surface area contributed by atoms with Crippen molar-refractivity contribution in [2.45, 2.75) is 40.4 Å². The highest BCUT2D eigenvalue weighted by molar-refractivity contribution is 6.31. The van der Waals surface area contributed by atoms with Crippen LogP contribution in [0, 0.1) is 6.92 Å². The minimum atomic E-state index is -0.109. The quantitative estimate of drug-likeness (QED) is 0.444. The van der Waals surface area contributed by atoms with E-state index in [1.807, 2.05) is 62.0 Å². The molecule has 8 heteroatoms. The Morgan fingerprint density at radius 1 is 1.19 bits per heavy atom. The Morgan fingerprint density at radius 2 is 1.97 bits per heavy atom. The van der Waals surface area contributed by atoms with E-state index in [1.165, 1.54) is 0 Å². The first kappa shape index (κ1) is 21.1. The standard InChI is InChI=1S/C23H25ClN6O/c1-5-29-13-19(24)22(27-29)14-28(4)23(31)17-11-21(18-12-25-30(6-2)15(18)3)26-20-10-8-7-9-16(17)20/h7-13H,5-6,14H2,1-4H3. The van der Waals surface area contributed by atoms with E-state index in [0.717, 1.165) is 40.9 Å². The fourth-order valence-corrected chi connectivity index (χ4v) is 3.93. The summed E-state index contributed by atoms with van der Waals surface area (Å²) in [6, 6.07) is 9.55. The Bertz CT molecular complexity index is 1260. The summed E-state index contributed by atoms with van der Waals surface area (Å²) in [7, 11) is 1.76. The summed E-state index contributed by atoms with van der Waals surface area (Å²) in [5, 5.41) is 10.3. The first-order valence-electron chi connectivity index (χ1n) is 10.3. The Hall–Kier alpha value is -3.19. The van der Waals surface area contributed by atoms with Gasteiger partial charge in [-0.25, -0.2) is 4.98 Å². The van der Waals surface area contributed by atoms with Gasteiger partial charge in [-0.1, -0.05) is 29.8 Å². The number of para-hydroxylation sites is 1. The second-order valence-corrected chi connectivity index (χ2v) is 7.88. The molecule has 7 nitrogen and oxygen atoms in total. The van der Waals surface area contributed by atoms with Crippen LogP contribution in [0.25, 0.3) is 22.2 Å². The molecule has 0 spiro atoms. The van der Waals surface area contributed by atoms with Gasteiger partial charge < -0.3 is 4.90 Å². The van der Waals surface area contributed by atoms with Crippen molar-refractivity contribution < 1.29 is 4.79 Å². The van der Waals surface area contributed by atoms with Crippen molar-refractivity contribution in [3.63, 3.8) is 0 Å². The van der Waals surface area contributed by atoms with Crippen LogP contribution in [-0.2, 0) is 19.6 Å². The molecule has 0 bridgehead atoms. The number of hydrogen-bond donors (Lipinski definition) is 0. The van der Waals surface area contributed by atoms with Gasteiger partial charge in [0, 0.05) is 43.0 Å². The molecule has 0 aliphatic heterocycles. The van der Waals surface area contributed by atoms with Gasteiger partial charge in [-0.3, -0.25) is 14.2 Å². The average Bonchev–Trinajstić information content (AvgIpc) is 3.33. The van der Waals surface area contributed by atoms with Crippen molar-refractivity contribution in [2.75, 3.05) is 7.05 Å². The Kier molecular flexibility index (Phi) is 5.78. The molecule has 31 heavy (non-hydrogen) atoms. The summed E-state index contributed by atoms with van der Waals surface area (Å²) in [6.45, 7) is 7.88. The zero-order chi connectivity index (χ0) is 22.1. The lowest BCUT2D eigenvalue weighted by Gasteiger charge is -2.18. The molecule has 4 rings (SSSR count). The highest BCUT2D eigenvalue weighted by Crippen LogP contribution is 2.28. The van der Waals surface area contributed by atoms with Crippen LogP contribution < -0.4 is 0 Å². The van der Waals surface area contributed by atoms with E-state index in [4.69, 9.17) is 16.6 Å². The number of nitrogens with zero attached hydrogens (tertiary/aromatic N) is 6. The first-order valence-corrected chi connectivity index (χ1v) is 10.7. The van der Waals surface area contributed by atoms with Gasteiger partial charge in [-0.2, -0.15) is 10.2 Å². The lowest BCUT2D eigenvalue weighted by atomic mass is 10.0. The molecular weight excluding hydrogens is 412 g/mol. The maximum absolute atomic E-state index is 13.5. The van der Waals surface area contributed by atoms with Gasteiger partial charge in [-0.05, 0) is 32.9 Å². The van der Waals surface area contributed by atoms with Gasteiger partial charge in [0.15, 0.2) is 0 Å². The number of fused-ring (bicyclic) bond motifs is 1. The fourth-order valence-electron chi connectivity index (χ4n) is 3.72. The molecule has 0 unspecified atom stereocenters. The summed E-state index contributed by atoms with van der Waals surface area (Å²) < 4.78 is 3.69. The smallest absolute Gasteiger partial charge is 0.254 e. The zero-order valence-corrected chi connectivity index (χ0v) is 18.9. The predicted octanol–water partition coefficient (Wildman–Crippen LogP) is 4.57. The van der Waals surface area contributed by atoms with E-state index in [1.54, 1.807) is 22.8 Å². The number of carbonyl (C=O) groups is 1. The minimum absolute atomic E-state index is 0.109. The van der Waals surface area contributed by atoms with Crippen LogP contribution in [0.2, 0.25) is 5.02 Å². The number of amides is 1. The van der Waals surface area contributed by atoms with Gasteiger partial charge in [0.25, 0.3) is 5.91 Å². The molecule has 3 heterocycles. The van der Waals surface area contributed by atoms with E-state index in [2.05, 4.69) is 10.2 Å². The molecular formula is C23H25ClN6O. The van der Waals surface area contributed by atoms with Crippen LogP contribution in [0.15, 0.2) is 42.7 Å². The summed E-state index contributed by atoms with van der Waals surface area (Å²) >= 11 is 6.31. The van der Waals surface area contributed by atoms with E-state index in [-0.39, 0.29) is 5.91 Å². The van der Waals surface area contributed by atoms with Gasteiger partial charge in [-0.15, -0.1) is 0 Å². The average molecular weight is 437 g/mol. The SMILES string of the molecule is CCn1cc(Cl)c(CN(C)C(=O)c2cc(-c3cnn(CC)c3C)nc3ccccc23)n1. The number of hydrogen-bond acceptors (Lipinski definition) is 4. The Labute approximate surface area is 186 Å². The van der Waals surface area contributed by atoms with Crippen LogP contribution in [0.5, 0.6) is 0 Å². The summed E-state index contributed by atoms with van der Waals surface area (Å²) in [5.41, 5.74) is 4.73. The number of aryl methyl sites for hydroxylation is 2. The molecule has 0 atom stereocenters. The van der Waals surface area contributed by atoms with Gasteiger partial charge >= 0.3 is 0 Å². The molecule has 3 aromatic heterocycles. The number of carbonyl (C=O) groups excluding carboxylic acids is 1. The normalized spacial score (nSPS) is 11.3. The first-order chi connectivity index (χ1) is 14.9. The van der Waals surface area contributed by atoms with Crippen LogP contribution in [-0.4, -0.2) is 42.4 Å². The molecule has 0 radical (unpaired) electrons. The summed E-state index contributed by atoms with van der Waals surface area (Å²) in [5.74, 6) is -0.109. The maximum atomic E-state index is 13.5. The predicted molar refractivity (Wildman–Crippen MR) is 122 cm³/mol. The molecule has 0 aliphatic rings. The van der Waals surface area contributed by atoms with Gasteiger partial charge in [0.05, 0.1) is 34.5 Å². The zero-order valence-electron chi connectivity index (χ0n) is 18.1. The van der Waals surface area contributed by atoms with E-state index >= 15 is 0 Å². The molecule has 0 N–H and O–H groups in total. The topological polar surface area (TPSA) is 68.8 Å². The van der Waals surface area contributed by atoms with Crippen molar-refractivity contribution in [2.24, 2.45) is 0 Å². The largest absolute Gasteiger partial charge is 0.336 e. The van der Waals surface area contributed by atoms with Crippen LogP contribution in [0.3, 0.4) is 0 Å². The number of benzene rings is 1. The monoisotopic (exact) mass is 436 g/mol. The molecule has 0 saturated carbocycles. The number of halogens is 1. The molecule has 1 amide bonds. The third-order valence-corrected chi connectivity index (χ3v) is 5.79. The lowest BCUT2D eigenvalue weighted by Crippen LogP contribution is -2.27. The highest BCUT2D eigenvalue weighted by atomic mass is 35.5. The molecule has 0 saturated heterocycles. The van der Waals surface area contributed by atoms with E-state index < -0.39 is 0 Å². The van der Waals surface area contributed by atoms with E-state index in [0.29, 0.717) is 22.8 Å². The maximum Gasteiger partial charge on any atom is 0.254 e. The van der Waals surface area contributed by atoms with Gasteiger partial charge in [0.1, 0.15) is 5.69 Å².